The third-order valence-electron chi connectivity index (χ3n) is 1.65. The molecule has 0 radical (unpaired) electrons. The molecule has 1 aliphatic rings. The zero-order valence-corrected chi connectivity index (χ0v) is 10.8. The van der Waals surface area contributed by atoms with Crippen molar-refractivity contribution >= 4 is 10.4 Å². The van der Waals surface area contributed by atoms with Crippen molar-refractivity contribution in [1.29, 1.82) is 0 Å². The Labute approximate surface area is 99.1 Å². The van der Waals surface area contributed by atoms with Gasteiger partial charge in [0.15, 0.2) is 0 Å². The Bertz CT molecular complexity index is 196. The first kappa shape index (κ1) is 20.0. The summed E-state index contributed by atoms with van der Waals surface area (Å²) in [4.78, 5) is 0. The molecule has 0 bridgehead atoms. The number of hydrogen-bond acceptors (Lipinski definition) is 6. The average Bonchev–Trinajstić information content (AvgIpc) is 1.85. The first-order chi connectivity index (χ1) is 5.39. The van der Waals surface area contributed by atoms with Crippen molar-refractivity contribution in [2.75, 3.05) is 0 Å². The first-order valence-electron chi connectivity index (χ1n) is 3.82. The molecule has 0 saturated heterocycles. The summed E-state index contributed by atoms with van der Waals surface area (Å²) in [5.74, 6) is 0. The molecule has 0 aromatic carbocycles. The van der Waals surface area contributed by atoms with Crippen LogP contribution in [-0.2, 0) is 31.5 Å². The molecule has 0 amide bonds. The monoisotopic (exact) mass is 407 g/mol. The van der Waals surface area contributed by atoms with Gasteiger partial charge in [0, 0.05) is 16.4 Å². The number of hydrogen-bond donors (Lipinski definition) is 2. The maximum Gasteiger partial charge on any atom is 2.00 e. The quantitative estimate of drug-likeness (QED) is 0.431. The van der Waals surface area contributed by atoms with Gasteiger partial charge < -0.3 is 21.0 Å². The zero-order valence-electron chi connectivity index (χ0n) is 7.75. The predicted octanol–water partition coefficient (Wildman–Crippen LogP) is 0.0993. The second-order valence-electron chi connectivity index (χ2n) is 2.81. The van der Waals surface area contributed by atoms with E-state index in [1.54, 1.807) is 0 Å². The van der Waals surface area contributed by atoms with Crippen LogP contribution >= 0.6 is 0 Å². The SMILES string of the molecule is N.NC1CCCCC1.O=S(=O)([O-])[O-].[Pt+2]. The number of rotatable bonds is 0. The van der Waals surface area contributed by atoms with Crippen LogP contribution in [0.1, 0.15) is 32.1 Å². The van der Waals surface area contributed by atoms with E-state index >= 15 is 0 Å². The molecule has 0 aromatic rings. The van der Waals surface area contributed by atoms with Crippen LogP contribution in [0, 0.1) is 0 Å². The van der Waals surface area contributed by atoms with Gasteiger partial charge in [0.2, 0.25) is 0 Å². The summed E-state index contributed by atoms with van der Waals surface area (Å²) in [6.45, 7) is 0. The van der Waals surface area contributed by atoms with Crippen LogP contribution in [0.25, 0.3) is 0 Å². The third-order valence-corrected chi connectivity index (χ3v) is 1.65. The summed E-state index contributed by atoms with van der Waals surface area (Å²) in [5.41, 5.74) is 5.63. The van der Waals surface area contributed by atoms with Gasteiger partial charge in [-0.25, -0.2) is 0 Å². The predicted molar refractivity (Wildman–Crippen MR) is 46.6 cm³/mol. The summed E-state index contributed by atoms with van der Waals surface area (Å²) >= 11 is 0. The summed E-state index contributed by atoms with van der Waals surface area (Å²) in [6, 6.07) is 0.536. The van der Waals surface area contributed by atoms with E-state index in [4.69, 9.17) is 23.3 Å². The van der Waals surface area contributed by atoms with Crippen molar-refractivity contribution in [2.45, 2.75) is 38.1 Å². The molecule has 0 aromatic heterocycles. The van der Waals surface area contributed by atoms with E-state index in [0.29, 0.717) is 6.04 Å². The van der Waals surface area contributed by atoms with Gasteiger partial charge in [0.1, 0.15) is 0 Å². The molecule has 14 heavy (non-hydrogen) atoms. The Morgan fingerprint density at radius 3 is 1.50 bits per heavy atom. The van der Waals surface area contributed by atoms with Crippen molar-refractivity contribution in [3.8, 4) is 0 Å². The van der Waals surface area contributed by atoms with Crippen molar-refractivity contribution in [3.63, 3.8) is 0 Å². The molecule has 90 valence electrons. The Morgan fingerprint density at radius 2 is 1.36 bits per heavy atom. The fraction of sp³-hybridized carbons (Fsp3) is 1.00. The van der Waals surface area contributed by atoms with Crippen LogP contribution in [0.5, 0.6) is 0 Å². The van der Waals surface area contributed by atoms with E-state index < -0.39 is 10.4 Å². The second kappa shape index (κ2) is 10.0. The van der Waals surface area contributed by atoms with E-state index in [2.05, 4.69) is 0 Å². The topological polar surface area (TPSA) is 141 Å². The summed E-state index contributed by atoms with van der Waals surface area (Å²) in [6.07, 6.45) is 6.66. The second-order valence-corrected chi connectivity index (χ2v) is 3.62. The molecule has 8 heteroatoms. The van der Waals surface area contributed by atoms with Gasteiger partial charge in [-0.05, 0) is 12.8 Å². The van der Waals surface area contributed by atoms with E-state index in [1.807, 2.05) is 0 Å². The van der Waals surface area contributed by atoms with Crippen LogP contribution in [0.3, 0.4) is 0 Å². The minimum Gasteiger partial charge on any atom is -0.759 e. The smallest absolute Gasteiger partial charge is 0.759 e. The standard InChI is InChI=1S/C6H13N.H3N.H2O4S.Pt/c7-6-4-2-1-3-5-6;;1-5(2,3)4;/h6H,1-5,7H2;1H3;(H2,1,2,3,4);/q;;;+2/p-2. The molecule has 1 aliphatic carbocycles. The Kier molecular flexibility index (Phi) is 14.3. The molecule has 6 nitrogen and oxygen atoms in total. The molecule has 5 N–H and O–H groups in total. The van der Waals surface area contributed by atoms with Gasteiger partial charge in [-0.15, -0.1) is 0 Å². The molecule has 0 heterocycles. The average molecular weight is 407 g/mol. The van der Waals surface area contributed by atoms with E-state index in [-0.39, 0.29) is 27.2 Å². The van der Waals surface area contributed by atoms with Crippen molar-refractivity contribution in [3.05, 3.63) is 0 Å². The van der Waals surface area contributed by atoms with E-state index in [0.717, 1.165) is 0 Å². The molecule has 1 fully saturated rings. The van der Waals surface area contributed by atoms with E-state index in [9.17, 15) is 0 Å². The molecule has 0 spiro atoms. The van der Waals surface area contributed by atoms with Crippen molar-refractivity contribution < 1.29 is 38.6 Å². The van der Waals surface area contributed by atoms with Crippen LogP contribution in [-0.4, -0.2) is 23.6 Å². The minimum absolute atomic E-state index is 0. The molecule has 1 rings (SSSR count). The fourth-order valence-corrected chi connectivity index (χ4v) is 1.13. The molecule has 0 unspecified atom stereocenters. The Hall–Kier alpha value is 0.478. The van der Waals surface area contributed by atoms with E-state index in [1.165, 1.54) is 32.1 Å². The largest absolute Gasteiger partial charge is 2.00 e. The van der Waals surface area contributed by atoms with Crippen molar-refractivity contribution in [1.82, 2.24) is 6.15 Å². The van der Waals surface area contributed by atoms with Crippen LogP contribution in [0.2, 0.25) is 0 Å². The molecule has 0 atom stereocenters. The van der Waals surface area contributed by atoms with Gasteiger partial charge in [0.05, 0.1) is 0 Å². The van der Waals surface area contributed by atoms with Crippen LogP contribution in [0.4, 0.5) is 0 Å². The van der Waals surface area contributed by atoms with Crippen molar-refractivity contribution in [2.24, 2.45) is 5.73 Å². The van der Waals surface area contributed by atoms with Gasteiger partial charge in [-0.1, -0.05) is 19.3 Å². The van der Waals surface area contributed by atoms with Gasteiger partial charge >= 0.3 is 21.1 Å². The molecule has 0 aliphatic heterocycles. The first-order valence-corrected chi connectivity index (χ1v) is 5.15. The summed E-state index contributed by atoms with van der Waals surface area (Å²) < 4.78 is 34.1. The van der Waals surface area contributed by atoms with Gasteiger partial charge in [0.25, 0.3) is 0 Å². The fourth-order valence-electron chi connectivity index (χ4n) is 1.13. The molecular formula is C6H16N2O4PtS. The summed E-state index contributed by atoms with van der Waals surface area (Å²) in [5, 5.41) is 0. The Balaban J connectivity index is -0.000000159. The van der Waals surface area contributed by atoms with Crippen LogP contribution in [0.15, 0.2) is 0 Å². The van der Waals surface area contributed by atoms with Gasteiger partial charge in [-0.2, -0.15) is 0 Å². The normalized spacial score (nSPS) is 16.8. The Morgan fingerprint density at radius 1 is 1.07 bits per heavy atom. The molecular weight excluding hydrogens is 391 g/mol. The summed E-state index contributed by atoms with van der Waals surface area (Å²) in [7, 11) is -5.17. The maximum absolute atomic E-state index is 8.52. The zero-order chi connectivity index (χ0) is 9.61. The minimum atomic E-state index is -5.17. The number of nitrogens with two attached hydrogens (primary N) is 1. The maximum atomic E-state index is 8.52. The third kappa shape index (κ3) is 22.9. The van der Waals surface area contributed by atoms with Crippen LogP contribution < -0.4 is 11.9 Å². The molecule has 1 saturated carbocycles. The van der Waals surface area contributed by atoms with Gasteiger partial charge in [-0.3, -0.25) is 8.42 Å².